The first-order valence-corrected chi connectivity index (χ1v) is 13.3. The van der Waals surface area contributed by atoms with Crippen molar-refractivity contribution >= 4 is 23.1 Å². The molecule has 0 fully saturated rings. The Labute approximate surface area is 208 Å². The highest BCUT2D eigenvalue weighted by molar-refractivity contribution is 5.99. The van der Waals surface area contributed by atoms with Gasteiger partial charge in [-0.15, -0.1) is 0 Å². The summed E-state index contributed by atoms with van der Waals surface area (Å²) in [7, 11) is 0. The Morgan fingerprint density at radius 3 is 2.38 bits per heavy atom. The van der Waals surface area contributed by atoms with E-state index < -0.39 is 0 Å². The van der Waals surface area contributed by atoms with Crippen LogP contribution < -0.4 is 0 Å². The molecule has 0 saturated carbocycles. The summed E-state index contributed by atoms with van der Waals surface area (Å²) in [6, 6.07) is 0. The number of hydrogen-bond acceptors (Lipinski definition) is 4. The average molecular weight is 473 g/mol. The van der Waals surface area contributed by atoms with Crippen molar-refractivity contribution in [1.82, 2.24) is 0 Å². The highest BCUT2D eigenvalue weighted by Crippen LogP contribution is 2.34. The fourth-order valence-corrected chi connectivity index (χ4v) is 5.37. The van der Waals surface area contributed by atoms with Crippen LogP contribution in [0.2, 0.25) is 0 Å². The van der Waals surface area contributed by atoms with Gasteiger partial charge in [0.25, 0.3) is 0 Å². The third-order valence-corrected chi connectivity index (χ3v) is 6.89. The predicted molar refractivity (Wildman–Crippen MR) is 140 cm³/mol. The summed E-state index contributed by atoms with van der Waals surface area (Å²) in [6.45, 7) is 13.8. The monoisotopic (exact) mass is 472 g/mol. The summed E-state index contributed by atoms with van der Waals surface area (Å²) in [5, 5.41) is 0. The molecule has 0 bridgehead atoms. The Balaban J connectivity index is 2.95. The first-order chi connectivity index (χ1) is 15.9. The van der Waals surface area contributed by atoms with Gasteiger partial charge in [0, 0.05) is 31.1 Å². The molecule has 0 aromatic rings. The molecular weight excluding hydrogens is 424 g/mol. The van der Waals surface area contributed by atoms with Crippen LogP contribution in [-0.2, 0) is 19.2 Å². The van der Waals surface area contributed by atoms with Crippen LogP contribution in [0.25, 0.3) is 0 Å². The van der Waals surface area contributed by atoms with Crippen molar-refractivity contribution in [3.63, 3.8) is 0 Å². The van der Waals surface area contributed by atoms with Crippen LogP contribution >= 0.6 is 0 Å². The number of rotatable bonds is 12. The third-order valence-electron chi connectivity index (χ3n) is 6.89. The molecule has 4 unspecified atom stereocenters. The number of carbonyl (C=O) groups is 4. The van der Waals surface area contributed by atoms with Gasteiger partial charge in [0.1, 0.15) is 17.3 Å². The van der Waals surface area contributed by atoms with Gasteiger partial charge in [-0.2, -0.15) is 0 Å². The number of carbonyl (C=O) groups excluding carboxylic acids is 4. The number of allylic oxidation sites excluding steroid dienone is 4. The number of ketones is 4. The van der Waals surface area contributed by atoms with E-state index in [0.717, 1.165) is 44.1 Å². The van der Waals surface area contributed by atoms with Gasteiger partial charge in [0.2, 0.25) is 0 Å². The maximum atomic E-state index is 12.9. The van der Waals surface area contributed by atoms with Crippen molar-refractivity contribution in [3.8, 4) is 0 Å². The van der Waals surface area contributed by atoms with Gasteiger partial charge < -0.3 is 0 Å². The predicted octanol–water partition coefficient (Wildman–Crippen LogP) is 7.25. The van der Waals surface area contributed by atoms with Crippen molar-refractivity contribution in [1.29, 1.82) is 0 Å². The molecule has 1 rings (SSSR count). The lowest BCUT2D eigenvalue weighted by Gasteiger charge is -2.29. The fraction of sp³-hybridized carbons (Fsp3) is 0.733. The standard InChI is InChI=1S/C30H48O4/c1-8-12-25(28(9-2)29(34)16-22(4)31)17-23-13-10-11-14-24(21(3)15-26(32)18-23)19-27(33)20-30(5,6)7/h11,14-15,23-25,28H,8-10,12-13,16-20H2,1-7H3/b14-11?,21-15+. The molecule has 0 heterocycles. The van der Waals surface area contributed by atoms with Gasteiger partial charge >= 0.3 is 0 Å². The summed E-state index contributed by atoms with van der Waals surface area (Å²) >= 11 is 0. The lowest BCUT2D eigenvalue weighted by molar-refractivity contribution is -0.130. The third kappa shape index (κ3) is 11.5. The van der Waals surface area contributed by atoms with Crippen molar-refractivity contribution in [2.75, 3.05) is 0 Å². The second-order valence-corrected chi connectivity index (χ2v) is 11.7. The van der Waals surface area contributed by atoms with E-state index in [0.29, 0.717) is 19.3 Å². The highest BCUT2D eigenvalue weighted by Gasteiger charge is 2.30. The minimum atomic E-state index is -0.111. The average Bonchev–Trinajstić information content (AvgIpc) is 2.68. The Bertz CT molecular complexity index is 765. The van der Waals surface area contributed by atoms with Crippen LogP contribution in [0.5, 0.6) is 0 Å². The summed E-state index contributed by atoms with van der Waals surface area (Å²) in [5.74, 6) is 0.629. The maximum absolute atomic E-state index is 12.9. The van der Waals surface area contributed by atoms with Crippen molar-refractivity contribution in [2.45, 2.75) is 113 Å². The zero-order valence-corrected chi connectivity index (χ0v) is 22.7. The van der Waals surface area contributed by atoms with Crippen LogP contribution in [-0.4, -0.2) is 23.1 Å². The fourth-order valence-electron chi connectivity index (χ4n) is 5.37. The molecule has 0 radical (unpaired) electrons. The molecule has 4 heteroatoms. The lowest BCUT2D eigenvalue weighted by atomic mass is 9.75. The van der Waals surface area contributed by atoms with Crippen LogP contribution in [0.4, 0.5) is 0 Å². The van der Waals surface area contributed by atoms with Crippen LogP contribution in [0.3, 0.4) is 0 Å². The highest BCUT2D eigenvalue weighted by atomic mass is 16.1. The van der Waals surface area contributed by atoms with E-state index in [1.165, 1.54) is 6.92 Å². The maximum Gasteiger partial charge on any atom is 0.155 e. The van der Waals surface area contributed by atoms with E-state index in [-0.39, 0.29) is 58.6 Å². The molecule has 4 atom stereocenters. The van der Waals surface area contributed by atoms with E-state index in [1.54, 1.807) is 6.08 Å². The van der Waals surface area contributed by atoms with E-state index in [9.17, 15) is 19.2 Å². The van der Waals surface area contributed by atoms with Gasteiger partial charge in [-0.25, -0.2) is 0 Å². The molecular formula is C30H48O4. The molecule has 0 aliphatic heterocycles. The second-order valence-electron chi connectivity index (χ2n) is 11.7. The Hall–Kier alpha value is -1.84. The first kappa shape index (κ1) is 30.2. The second kappa shape index (κ2) is 14.5. The minimum absolute atomic E-state index is 0.0162. The van der Waals surface area contributed by atoms with E-state index >= 15 is 0 Å². The van der Waals surface area contributed by atoms with Gasteiger partial charge in [-0.1, -0.05) is 65.2 Å². The van der Waals surface area contributed by atoms with E-state index in [4.69, 9.17) is 0 Å². The van der Waals surface area contributed by atoms with E-state index in [2.05, 4.69) is 39.8 Å². The molecule has 4 nitrogen and oxygen atoms in total. The number of hydrogen-bond donors (Lipinski definition) is 0. The molecule has 0 amide bonds. The lowest BCUT2D eigenvalue weighted by Crippen LogP contribution is -2.27. The summed E-state index contributed by atoms with van der Waals surface area (Å²) in [6.07, 6.45) is 12.8. The molecule has 1 aliphatic carbocycles. The molecule has 0 N–H and O–H groups in total. The smallest absolute Gasteiger partial charge is 0.155 e. The topological polar surface area (TPSA) is 68.3 Å². The molecule has 1 aliphatic rings. The van der Waals surface area contributed by atoms with Gasteiger partial charge in [-0.05, 0) is 62.9 Å². The molecule has 192 valence electrons. The van der Waals surface area contributed by atoms with Gasteiger partial charge in [0.05, 0.1) is 6.42 Å². The summed E-state index contributed by atoms with van der Waals surface area (Å²) in [4.78, 5) is 49.8. The quantitative estimate of drug-likeness (QED) is 0.221. The van der Waals surface area contributed by atoms with Crippen molar-refractivity contribution in [3.05, 3.63) is 23.8 Å². The summed E-state index contributed by atoms with van der Waals surface area (Å²) in [5.41, 5.74) is 0.923. The molecule has 0 aromatic carbocycles. The SMILES string of the molecule is CCCC(CC1CCC=CC(CC(=O)CC(C)(C)C)/C(C)=C/C(=O)C1)C(CC)C(=O)CC(C)=O. The van der Waals surface area contributed by atoms with Gasteiger partial charge in [0.15, 0.2) is 5.78 Å². The Morgan fingerprint density at radius 1 is 1.15 bits per heavy atom. The number of Topliss-reactive ketones (excluding diaryl/α,β-unsaturated/α-hetero) is 3. The minimum Gasteiger partial charge on any atom is -0.300 e. The zero-order valence-electron chi connectivity index (χ0n) is 22.7. The molecule has 0 saturated heterocycles. The van der Waals surface area contributed by atoms with Crippen LogP contribution in [0.15, 0.2) is 23.8 Å². The summed E-state index contributed by atoms with van der Waals surface area (Å²) < 4.78 is 0. The van der Waals surface area contributed by atoms with Crippen LogP contribution in [0, 0.1) is 29.1 Å². The Morgan fingerprint density at radius 2 is 1.82 bits per heavy atom. The van der Waals surface area contributed by atoms with Gasteiger partial charge in [-0.3, -0.25) is 19.2 Å². The zero-order chi connectivity index (χ0) is 25.9. The molecule has 34 heavy (non-hydrogen) atoms. The molecule has 0 aromatic heterocycles. The van der Waals surface area contributed by atoms with Crippen molar-refractivity contribution in [2.24, 2.45) is 29.1 Å². The Kier molecular flexibility index (Phi) is 12.9. The first-order valence-electron chi connectivity index (χ1n) is 13.3. The largest absolute Gasteiger partial charge is 0.300 e. The van der Waals surface area contributed by atoms with Crippen molar-refractivity contribution < 1.29 is 19.2 Å². The normalized spacial score (nSPS) is 23.0. The van der Waals surface area contributed by atoms with Crippen LogP contribution in [0.1, 0.15) is 113 Å². The molecule has 0 spiro atoms. The van der Waals surface area contributed by atoms with E-state index in [1.807, 2.05) is 13.8 Å².